The van der Waals surface area contributed by atoms with Crippen molar-refractivity contribution >= 4 is 66.3 Å². The highest BCUT2D eigenvalue weighted by molar-refractivity contribution is 8.03. The molecule has 38 heavy (non-hydrogen) atoms. The summed E-state index contributed by atoms with van der Waals surface area (Å²) in [6.07, 6.45) is 9.53. The molecule has 2 aromatic carbocycles. The zero-order valence-electron chi connectivity index (χ0n) is 19.8. The first-order valence-electron chi connectivity index (χ1n) is 11.3. The van der Waals surface area contributed by atoms with Gasteiger partial charge in [0, 0.05) is 17.0 Å². The highest BCUT2D eigenvalue weighted by atomic mass is 32.2. The van der Waals surface area contributed by atoms with E-state index in [1.807, 2.05) is 83.8 Å². The SMILES string of the molecule is O=S(CN1C(=CC=C2C=C(C=Cc3sc4ccccc4[n+]3CS(=O)(=O)O)COC2)Sc2ccccc21)OO. The zero-order valence-corrected chi connectivity index (χ0v) is 23.1. The minimum Gasteiger partial charge on any atom is -0.372 e. The summed E-state index contributed by atoms with van der Waals surface area (Å²) in [6, 6.07) is 15.1. The van der Waals surface area contributed by atoms with Gasteiger partial charge in [0.2, 0.25) is 16.6 Å². The van der Waals surface area contributed by atoms with Crippen molar-refractivity contribution < 1.29 is 36.1 Å². The molecule has 3 heterocycles. The second-order valence-electron chi connectivity index (χ2n) is 8.34. The molecular weight excluding hydrogens is 569 g/mol. The molecule has 0 fully saturated rings. The van der Waals surface area contributed by atoms with E-state index in [0.717, 1.165) is 37.0 Å². The Hall–Kier alpha value is -2.62. The summed E-state index contributed by atoms with van der Waals surface area (Å²) in [5, 5.41) is 10.3. The molecule has 3 aromatic rings. The van der Waals surface area contributed by atoms with E-state index in [9.17, 15) is 17.2 Å². The van der Waals surface area contributed by atoms with Crippen LogP contribution in [0.25, 0.3) is 16.3 Å². The fourth-order valence-corrected chi connectivity index (χ4v) is 7.50. The van der Waals surface area contributed by atoms with Crippen molar-refractivity contribution in [3.8, 4) is 0 Å². The maximum Gasteiger partial charge on any atom is 0.326 e. The minimum atomic E-state index is -4.23. The van der Waals surface area contributed by atoms with Crippen LogP contribution in [0.1, 0.15) is 5.01 Å². The summed E-state index contributed by atoms with van der Waals surface area (Å²) < 4.78 is 56.8. The first kappa shape index (κ1) is 27.0. The molecule has 0 saturated heterocycles. The van der Waals surface area contributed by atoms with E-state index in [0.29, 0.717) is 18.2 Å². The number of benzene rings is 2. The third kappa shape index (κ3) is 6.33. The van der Waals surface area contributed by atoms with Crippen molar-refractivity contribution in [1.29, 1.82) is 0 Å². The van der Waals surface area contributed by atoms with Gasteiger partial charge in [-0.25, -0.2) is 9.47 Å². The summed E-state index contributed by atoms with van der Waals surface area (Å²) in [7, 11) is -4.23. The lowest BCUT2D eigenvalue weighted by atomic mass is 10.1. The number of hydrogen-bond donors (Lipinski definition) is 2. The molecule has 0 spiro atoms. The molecule has 0 aliphatic carbocycles. The van der Waals surface area contributed by atoms with Gasteiger partial charge >= 0.3 is 10.1 Å². The van der Waals surface area contributed by atoms with Crippen LogP contribution < -0.4 is 9.47 Å². The quantitative estimate of drug-likeness (QED) is 0.169. The van der Waals surface area contributed by atoms with E-state index in [-0.39, 0.29) is 5.88 Å². The van der Waals surface area contributed by atoms with Gasteiger partial charge in [0.25, 0.3) is 10.9 Å². The Morgan fingerprint density at radius 3 is 2.71 bits per heavy atom. The summed E-state index contributed by atoms with van der Waals surface area (Å²) in [6.45, 7) is 0.808. The van der Waals surface area contributed by atoms with Gasteiger partial charge in [0.05, 0.1) is 23.9 Å². The fourth-order valence-electron chi connectivity index (χ4n) is 4.07. The minimum absolute atomic E-state index is 0.0193. The largest absolute Gasteiger partial charge is 0.372 e. The van der Waals surface area contributed by atoms with Gasteiger partial charge in [0.1, 0.15) is 10.6 Å². The van der Waals surface area contributed by atoms with Crippen molar-refractivity contribution in [1.82, 2.24) is 0 Å². The number of nitrogens with zero attached hydrogens (tertiary/aromatic N) is 2. The van der Waals surface area contributed by atoms with Crippen LogP contribution in [0.2, 0.25) is 0 Å². The van der Waals surface area contributed by atoms with Gasteiger partial charge in [-0.2, -0.15) is 13.0 Å². The Morgan fingerprint density at radius 2 is 1.89 bits per heavy atom. The van der Waals surface area contributed by atoms with Gasteiger partial charge < -0.3 is 9.64 Å². The number of thioether (sulfide) groups is 1. The highest BCUT2D eigenvalue weighted by Gasteiger charge is 2.26. The molecule has 0 radical (unpaired) electrons. The molecular formula is C25H23N2O7S4+. The van der Waals surface area contributed by atoms with Crippen molar-refractivity contribution in [2.24, 2.45) is 0 Å². The Labute approximate surface area is 230 Å². The number of hydrogen-bond acceptors (Lipinski definition) is 9. The number of rotatable bonds is 8. The second kappa shape index (κ2) is 11.6. The second-order valence-corrected chi connectivity index (χ2v) is 12.9. The zero-order chi connectivity index (χ0) is 26.7. The van der Waals surface area contributed by atoms with Gasteiger partial charge in [0.15, 0.2) is 0 Å². The van der Waals surface area contributed by atoms with E-state index < -0.39 is 27.1 Å². The maximum atomic E-state index is 11.9. The summed E-state index contributed by atoms with van der Waals surface area (Å²) in [5.41, 5.74) is 3.42. The molecule has 13 heteroatoms. The molecule has 0 amide bonds. The van der Waals surface area contributed by atoms with E-state index in [2.05, 4.69) is 4.33 Å². The van der Waals surface area contributed by atoms with E-state index in [1.54, 1.807) is 4.57 Å². The van der Waals surface area contributed by atoms with Crippen LogP contribution in [0.3, 0.4) is 0 Å². The van der Waals surface area contributed by atoms with Crippen LogP contribution in [-0.4, -0.2) is 41.5 Å². The number of anilines is 1. The average molecular weight is 592 g/mol. The standard InChI is InChI=1S/C25H22N2O7S4/c28-34-37(29)16-26-20-5-1-3-7-22(20)35-24(26)11-9-18-13-19(15-33-14-18)10-12-25-27(17-38(30,31)32)21-6-2-4-8-23(21)36-25/h1-13H,14-17H2,(H-,28,30,31,32)/p+1. The predicted octanol–water partition coefficient (Wildman–Crippen LogP) is 4.49. The summed E-state index contributed by atoms with van der Waals surface area (Å²) in [4.78, 5) is 2.83. The van der Waals surface area contributed by atoms with E-state index in [1.165, 1.54) is 23.1 Å². The fraction of sp³-hybridized carbons (Fsp3) is 0.160. The third-order valence-corrected chi connectivity index (χ3v) is 9.15. The Bertz CT molecular complexity index is 1620. The molecule has 5 rings (SSSR count). The molecule has 0 bridgehead atoms. The molecule has 1 unspecified atom stereocenters. The number of para-hydroxylation sites is 2. The van der Waals surface area contributed by atoms with Gasteiger partial charge in [-0.1, -0.05) is 59.5 Å². The molecule has 1 aromatic heterocycles. The van der Waals surface area contributed by atoms with Crippen molar-refractivity contribution in [2.45, 2.75) is 10.8 Å². The van der Waals surface area contributed by atoms with E-state index in [4.69, 9.17) is 9.99 Å². The van der Waals surface area contributed by atoms with Gasteiger partial charge in [-0.15, -0.1) is 4.33 Å². The van der Waals surface area contributed by atoms with Crippen molar-refractivity contribution in [2.75, 3.05) is 24.0 Å². The van der Waals surface area contributed by atoms with Crippen LogP contribution in [0.5, 0.6) is 0 Å². The smallest absolute Gasteiger partial charge is 0.326 e. The molecule has 1 atom stereocenters. The molecule has 0 saturated carbocycles. The van der Waals surface area contributed by atoms with Crippen LogP contribution >= 0.6 is 23.1 Å². The Balaban J connectivity index is 1.40. The van der Waals surface area contributed by atoms with Gasteiger partial charge in [-0.3, -0.25) is 4.55 Å². The van der Waals surface area contributed by atoms with Crippen LogP contribution in [0.4, 0.5) is 5.69 Å². The lowest BCUT2D eigenvalue weighted by Gasteiger charge is -2.18. The normalized spacial score (nSPS) is 19.0. The van der Waals surface area contributed by atoms with Crippen LogP contribution in [0.15, 0.2) is 93.9 Å². The topological polar surface area (TPSA) is 117 Å². The monoisotopic (exact) mass is 591 g/mol. The molecule has 9 nitrogen and oxygen atoms in total. The first-order valence-corrected chi connectivity index (χ1v) is 15.8. The molecule has 2 N–H and O–H groups in total. The maximum absolute atomic E-state index is 11.9. The Morgan fingerprint density at radius 1 is 1.11 bits per heavy atom. The van der Waals surface area contributed by atoms with Crippen LogP contribution in [-0.2, 0) is 36.1 Å². The number of aromatic nitrogens is 1. The van der Waals surface area contributed by atoms with E-state index >= 15 is 0 Å². The molecule has 2 aliphatic heterocycles. The lowest BCUT2D eigenvalue weighted by molar-refractivity contribution is -0.649. The number of thiazole rings is 1. The number of allylic oxidation sites excluding steroid dienone is 2. The average Bonchev–Trinajstić information content (AvgIpc) is 3.43. The number of ether oxygens (including phenoxy) is 1. The lowest BCUT2D eigenvalue weighted by Crippen LogP contribution is -2.38. The highest BCUT2D eigenvalue weighted by Crippen LogP contribution is 2.45. The molecule has 2 aliphatic rings. The molecule has 198 valence electrons. The number of fused-ring (bicyclic) bond motifs is 2. The van der Waals surface area contributed by atoms with Crippen molar-refractivity contribution in [3.63, 3.8) is 0 Å². The van der Waals surface area contributed by atoms with Crippen molar-refractivity contribution in [3.05, 3.63) is 94.0 Å². The third-order valence-electron chi connectivity index (χ3n) is 5.67. The van der Waals surface area contributed by atoms with Gasteiger partial charge in [-0.05, 0) is 41.5 Å². The predicted molar refractivity (Wildman–Crippen MR) is 149 cm³/mol. The Kier molecular flexibility index (Phi) is 8.26. The van der Waals surface area contributed by atoms with Crippen LogP contribution in [0, 0.1) is 0 Å². The first-order chi connectivity index (χ1) is 18.3. The summed E-state index contributed by atoms with van der Waals surface area (Å²) in [5.74, 6) is -0.553. The summed E-state index contributed by atoms with van der Waals surface area (Å²) >= 11 is 1.07.